The van der Waals surface area contributed by atoms with Crippen LogP contribution in [0.5, 0.6) is 0 Å². The number of halogens is 2. The first kappa shape index (κ1) is 10.8. The fraction of sp³-hybridized carbons (Fsp3) is 0.222. The van der Waals surface area contributed by atoms with Gasteiger partial charge >= 0.3 is 0 Å². The van der Waals surface area contributed by atoms with Crippen molar-refractivity contribution in [3.63, 3.8) is 0 Å². The highest BCUT2D eigenvalue weighted by Crippen LogP contribution is 2.32. The van der Waals surface area contributed by atoms with Crippen molar-refractivity contribution in [2.75, 3.05) is 6.26 Å². The van der Waals surface area contributed by atoms with Crippen LogP contribution in [0.1, 0.15) is 5.56 Å². The summed E-state index contributed by atoms with van der Waals surface area (Å²) in [5, 5.41) is 0. The maximum Gasteiger partial charge on any atom is 0.151 e. The summed E-state index contributed by atoms with van der Waals surface area (Å²) in [6, 6.07) is 1.11. The largest absolute Gasteiger partial charge is 0.326 e. The predicted molar refractivity (Wildman–Crippen MR) is 59.2 cm³/mol. The summed E-state index contributed by atoms with van der Waals surface area (Å²) < 4.78 is 28.1. The Hall–Kier alpha value is -0.720. The van der Waals surface area contributed by atoms with Gasteiger partial charge in [0.15, 0.2) is 10.2 Å². The Morgan fingerprint density at radius 3 is 2.87 bits per heavy atom. The van der Waals surface area contributed by atoms with E-state index in [0.29, 0.717) is 4.34 Å². The average molecular weight is 246 g/mol. The summed E-state index contributed by atoms with van der Waals surface area (Å²) in [6.07, 6.45) is 1.82. The van der Waals surface area contributed by atoms with Crippen LogP contribution in [0.4, 0.5) is 8.78 Å². The van der Waals surface area contributed by atoms with Crippen molar-refractivity contribution < 1.29 is 8.78 Å². The standard InChI is InChI=1S/C9H8F2N2S2/c1-14-9-13-7-5(10)2-4(3-12)6(11)8(7)15-9/h2H,3,12H2,1H3. The lowest BCUT2D eigenvalue weighted by Crippen LogP contribution is -2.00. The normalized spacial score (nSPS) is 11.2. The fourth-order valence-electron chi connectivity index (χ4n) is 1.28. The van der Waals surface area contributed by atoms with E-state index < -0.39 is 11.6 Å². The third-order valence-electron chi connectivity index (χ3n) is 2.01. The molecule has 0 spiro atoms. The molecule has 0 saturated heterocycles. The van der Waals surface area contributed by atoms with Crippen molar-refractivity contribution >= 4 is 33.3 Å². The minimum absolute atomic E-state index is 0.00874. The quantitative estimate of drug-likeness (QED) is 0.828. The summed E-state index contributed by atoms with van der Waals surface area (Å²) in [5.74, 6) is -0.963. The van der Waals surface area contributed by atoms with E-state index in [4.69, 9.17) is 5.73 Å². The molecule has 1 aromatic carbocycles. The van der Waals surface area contributed by atoms with Gasteiger partial charge in [0, 0.05) is 12.1 Å². The summed E-state index contributed by atoms with van der Waals surface area (Å²) in [6.45, 7) is -0.00874. The van der Waals surface area contributed by atoms with Crippen molar-refractivity contribution in [2.24, 2.45) is 5.73 Å². The summed E-state index contributed by atoms with van der Waals surface area (Å²) in [5.41, 5.74) is 5.61. The van der Waals surface area contributed by atoms with Gasteiger partial charge in [-0.1, -0.05) is 11.8 Å². The number of fused-ring (bicyclic) bond motifs is 1. The van der Waals surface area contributed by atoms with Gasteiger partial charge in [-0.25, -0.2) is 13.8 Å². The molecule has 15 heavy (non-hydrogen) atoms. The molecule has 2 rings (SSSR count). The lowest BCUT2D eigenvalue weighted by atomic mass is 10.2. The highest BCUT2D eigenvalue weighted by atomic mass is 32.2. The van der Waals surface area contributed by atoms with Gasteiger partial charge in [0.2, 0.25) is 0 Å². The second kappa shape index (κ2) is 4.03. The van der Waals surface area contributed by atoms with E-state index >= 15 is 0 Å². The van der Waals surface area contributed by atoms with Crippen LogP contribution in [0.2, 0.25) is 0 Å². The van der Waals surface area contributed by atoms with E-state index in [1.807, 2.05) is 6.26 Å². The molecule has 1 aromatic heterocycles. The summed E-state index contributed by atoms with van der Waals surface area (Å²) >= 11 is 2.52. The van der Waals surface area contributed by atoms with Crippen molar-refractivity contribution in [1.82, 2.24) is 4.98 Å². The van der Waals surface area contributed by atoms with E-state index in [2.05, 4.69) is 4.98 Å². The number of nitrogens with zero attached hydrogens (tertiary/aromatic N) is 1. The van der Waals surface area contributed by atoms with Gasteiger partial charge in [0.25, 0.3) is 0 Å². The Bertz CT molecular complexity index is 510. The zero-order valence-corrected chi connectivity index (χ0v) is 9.51. The second-order valence-corrected chi connectivity index (χ2v) is 4.95. The van der Waals surface area contributed by atoms with Gasteiger partial charge in [-0.05, 0) is 12.3 Å². The van der Waals surface area contributed by atoms with Crippen LogP contribution in [-0.4, -0.2) is 11.2 Å². The van der Waals surface area contributed by atoms with Crippen molar-refractivity contribution in [3.8, 4) is 0 Å². The monoisotopic (exact) mass is 246 g/mol. The average Bonchev–Trinajstić information content (AvgIpc) is 2.68. The Morgan fingerprint density at radius 2 is 2.27 bits per heavy atom. The van der Waals surface area contributed by atoms with E-state index in [0.717, 1.165) is 17.4 Å². The van der Waals surface area contributed by atoms with Crippen molar-refractivity contribution in [2.45, 2.75) is 10.9 Å². The maximum absolute atomic E-state index is 13.7. The molecule has 0 atom stereocenters. The van der Waals surface area contributed by atoms with Gasteiger partial charge < -0.3 is 5.73 Å². The highest BCUT2D eigenvalue weighted by Gasteiger charge is 2.15. The van der Waals surface area contributed by atoms with Crippen molar-refractivity contribution in [3.05, 3.63) is 23.3 Å². The number of rotatable bonds is 2. The minimum atomic E-state index is -0.511. The van der Waals surface area contributed by atoms with Crippen LogP contribution in [0, 0.1) is 11.6 Å². The van der Waals surface area contributed by atoms with Crippen LogP contribution in [0.25, 0.3) is 10.2 Å². The number of thiazole rings is 1. The van der Waals surface area contributed by atoms with Gasteiger partial charge in [-0.3, -0.25) is 0 Å². The Morgan fingerprint density at radius 1 is 1.53 bits per heavy atom. The van der Waals surface area contributed by atoms with Crippen LogP contribution in [0.15, 0.2) is 10.4 Å². The minimum Gasteiger partial charge on any atom is -0.326 e. The summed E-state index contributed by atoms with van der Waals surface area (Å²) in [7, 11) is 0. The van der Waals surface area contributed by atoms with Gasteiger partial charge in [0.1, 0.15) is 11.3 Å². The molecule has 0 fully saturated rings. The molecule has 2 nitrogen and oxygen atoms in total. The zero-order chi connectivity index (χ0) is 11.0. The first-order chi connectivity index (χ1) is 7.17. The number of hydrogen-bond acceptors (Lipinski definition) is 4. The number of thioether (sulfide) groups is 1. The number of hydrogen-bond donors (Lipinski definition) is 1. The third kappa shape index (κ3) is 1.73. The molecule has 0 saturated carbocycles. The molecule has 0 bridgehead atoms. The molecule has 6 heteroatoms. The Labute approximate surface area is 93.5 Å². The van der Waals surface area contributed by atoms with Crippen LogP contribution >= 0.6 is 23.1 Å². The van der Waals surface area contributed by atoms with Crippen molar-refractivity contribution in [1.29, 1.82) is 0 Å². The molecule has 1 heterocycles. The fourth-order valence-corrected chi connectivity index (χ4v) is 2.82. The molecular formula is C9H8F2N2S2. The SMILES string of the molecule is CSc1nc2c(F)cc(CN)c(F)c2s1. The van der Waals surface area contributed by atoms with E-state index in [-0.39, 0.29) is 22.3 Å². The van der Waals surface area contributed by atoms with Gasteiger partial charge in [-0.2, -0.15) is 0 Å². The van der Waals surface area contributed by atoms with E-state index in [1.165, 1.54) is 11.8 Å². The molecule has 0 unspecified atom stereocenters. The zero-order valence-electron chi connectivity index (χ0n) is 7.88. The molecule has 0 aliphatic rings. The number of benzene rings is 1. The highest BCUT2D eigenvalue weighted by molar-refractivity contribution is 8.00. The van der Waals surface area contributed by atoms with Crippen LogP contribution < -0.4 is 5.73 Å². The molecule has 0 aliphatic carbocycles. The predicted octanol–water partition coefficient (Wildman–Crippen LogP) is 2.76. The third-order valence-corrected chi connectivity index (χ3v) is 4.04. The molecule has 0 radical (unpaired) electrons. The molecule has 0 aliphatic heterocycles. The Balaban J connectivity index is 2.78. The second-order valence-electron chi connectivity index (χ2n) is 2.90. The molecule has 2 N–H and O–H groups in total. The number of nitrogens with two attached hydrogens (primary N) is 1. The van der Waals surface area contributed by atoms with E-state index in [1.54, 1.807) is 0 Å². The Kier molecular flexibility index (Phi) is 2.90. The number of aromatic nitrogens is 1. The summed E-state index contributed by atoms with van der Waals surface area (Å²) in [4.78, 5) is 3.99. The molecular weight excluding hydrogens is 238 g/mol. The molecule has 0 amide bonds. The van der Waals surface area contributed by atoms with Gasteiger partial charge in [0.05, 0.1) is 4.70 Å². The van der Waals surface area contributed by atoms with E-state index in [9.17, 15) is 8.78 Å². The lowest BCUT2D eigenvalue weighted by molar-refractivity contribution is 0.603. The first-order valence-electron chi connectivity index (χ1n) is 4.18. The maximum atomic E-state index is 13.7. The lowest BCUT2D eigenvalue weighted by Gasteiger charge is -2.00. The first-order valence-corrected chi connectivity index (χ1v) is 6.23. The molecule has 80 valence electrons. The smallest absolute Gasteiger partial charge is 0.151 e. The topological polar surface area (TPSA) is 38.9 Å². The van der Waals surface area contributed by atoms with Crippen LogP contribution in [0.3, 0.4) is 0 Å². The van der Waals surface area contributed by atoms with Crippen LogP contribution in [-0.2, 0) is 6.54 Å². The van der Waals surface area contributed by atoms with Gasteiger partial charge in [-0.15, -0.1) is 11.3 Å². The molecule has 2 aromatic rings.